The van der Waals surface area contributed by atoms with Gasteiger partial charge in [0.15, 0.2) is 0 Å². The van der Waals surface area contributed by atoms with E-state index in [1.54, 1.807) is 65.6 Å². The highest BCUT2D eigenvalue weighted by Gasteiger charge is 2.23. The Hall–Kier alpha value is -4.81. The van der Waals surface area contributed by atoms with Crippen molar-refractivity contribution in [1.29, 1.82) is 5.41 Å². The van der Waals surface area contributed by atoms with Crippen LogP contribution in [0.5, 0.6) is 0 Å². The summed E-state index contributed by atoms with van der Waals surface area (Å²) in [6, 6.07) is 3.12. The number of carbonyl (C=O) groups is 4. The monoisotopic (exact) mass is 523 g/mol. The second-order valence-electron chi connectivity index (χ2n) is 8.88. The lowest BCUT2D eigenvalue weighted by Crippen LogP contribution is -2.28. The second kappa shape index (κ2) is 12.0. The third-order valence-corrected chi connectivity index (χ3v) is 5.89. The molecule has 4 amide bonds. The zero-order chi connectivity index (χ0) is 28.0. The van der Waals surface area contributed by atoms with Crippen molar-refractivity contribution in [3.05, 3.63) is 53.4 Å². The highest BCUT2D eigenvalue weighted by atomic mass is 16.2. The third kappa shape index (κ3) is 6.30. The molecule has 0 aliphatic rings. The van der Waals surface area contributed by atoms with Crippen LogP contribution in [-0.4, -0.2) is 50.2 Å². The molecule has 38 heavy (non-hydrogen) atoms. The first-order valence-corrected chi connectivity index (χ1v) is 12.0. The van der Waals surface area contributed by atoms with Gasteiger partial charge in [-0.3, -0.25) is 24.6 Å². The minimum Gasteiger partial charge on any atom is -0.388 e. The van der Waals surface area contributed by atoms with Crippen molar-refractivity contribution in [2.24, 2.45) is 26.9 Å². The molecule has 0 saturated heterocycles. The van der Waals surface area contributed by atoms with E-state index in [1.807, 2.05) is 6.92 Å². The molecular weight excluding hydrogens is 490 g/mol. The van der Waals surface area contributed by atoms with E-state index in [-0.39, 0.29) is 36.5 Å². The highest BCUT2D eigenvalue weighted by molar-refractivity contribution is 6.09. The summed E-state index contributed by atoms with van der Waals surface area (Å²) < 4.78 is 4.84. The van der Waals surface area contributed by atoms with Gasteiger partial charge in [-0.25, -0.2) is 0 Å². The maximum atomic E-state index is 13.3. The van der Waals surface area contributed by atoms with Gasteiger partial charge in [-0.05, 0) is 18.6 Å². The number of nitrogens with one attached hydrogen (secondary N) is 5. The first kappa shape index (κ1) is 27.8. The minimum absolute atomic E-state index is 0.0190. The number of nitrogens with two attached hydrogens (primary N) is 1. The highest BCUT2D eigenvalue weighted by Crippen LogP contribution is 2.26. The van der Waals surface area contributed by atoms with E-state index in [2.05, 4.69) is 21.3 Å². The average molecular weight is 524 g/mol. The average Bonchev–Trinajstić information content (AvgIpc) is 3.48. The van der Waals surface area contributed by atoms with Crippen LogP contribution in [0.15, 0.2) is 30.7 Å². The lowest BCUT2D eigenvalue weighted by atomic mass is 10.1. The van der Waals surface area contributed by atoms with E-state index in [9.17, 15) is 19.2 Å². The molecule has 0 aromatic carbocycles. The summed E-state index contributed by atoms with van der Waals surface area (Å²) in [5.74, 6) is -1.14. The number of carbonyl (C=O) groups excluding carboxylic acids is 4. The SMILES string of the molecule is CCCc1c(NC(=O)c2cc(NC=O)cn2C)cn(C)c1C(=O)Nc1cc(C(=O)NCCC(=N)N)n(C)c1. The molecule has 0 saturated carbocycles. The standard InChI is InChI=1S/C25H33N9O4/c1-5-6-17-18(31-24(37)20-9-15(29-14-35)11-32(20)2)13-34(4)22(17)25(38)30-16-10-19(33(3)12-16)23(36)28-8-7-21(26)27/h9-14H,5-8H2,1-4H3,(H3,26,27)(H,28,36)(H,29,35)(H,30,38)(H,31,37). The largest absolute Gasteiger partial charge is 0.388 e. The molecule has 202 valence electrons. The first-order chi connectivity index (χ1) is 18.0. The van der Waals surface area contributed by atoms with Gasteiger partial charge in [0.1, 0.15) is 17.1 Å². The number of amidine groups is 1. The summed E-state index contributed by atoms with van der Waals surface area (Å²) in [5, 5.41) is 18.2. The molecule has 0 aliphatic heterocycles. The van der Waals surface area contributed by atoms with Crippen LogP contribution >= 0.6 is 0 Å². The van der Waals surface area contributed by atoms with Crippen LogP contribution in [0, 0.1) is 5.41 Å². The Morgan fingerprint density at radius 3 is 2.18 bits per heavy atom. The van der Waals surface area contributed by atoms with Crippen LogP contribution in [0.2, 0.25) is 0 Å². The van der Waals surface area contributed by atoms with Gasteiger partial charge in [-0.15, -0.1) is 0 Å². The van der Waals surface area contributed by atoms with E-state index in [0.29, 0.717) is 52.5 Å². The molecule has 7 N–H and O–H groups in total. The molecule has 13 heteroatoms. The number of anilines is 3. The fourth-order valence-electron chi connectivity index (χ4n) is 4.16. The van der Waals surface area contributed by atoms with Crippen LogP contribution < -0.4 is 27.0 Å². The molecule has 0 fully saturated rings. The predicted octanol–water partition coefficient (Wildman–Crippen LogP) is 1.78. The van der Waals surface area contributed by atoms with E-state index in [4.69, 9.17) is 11.1 Å². The zero-order valence-corrected chi connectivity index (χ0v) is 21.8. The molecule has 3 aromatic rings. The molecule has 3 aromatic heterocycles. The van der Waals surface area contributed by atoms with Crippen molar-refractivity contribution in [3.8, 4) is 0 Å². The Morgan fingerprint density at radius 1 is 0.921 bits per heavy atom. The van der Waals surface area contributed by atoms with Crippen LogP contribution in [-0.2, 0) is 32.4 Å². The molecule has 0 radical (unpaired) electrons. The molecule has 3 rings (SSSR count). The summed E-state index contributed by atoms with van der Waals surface area (Å²) in [6.45, 7) is 2.21. The van der Waals surface area contributed by atoms with Crippen LogP contribution in [0.1, 0.15) is 56.8 Å². The number of nitrogens with zero attached hydrogens (tertiary/aromatic N) is 3. The molecular formula is C25H33N9O4. The van der Waals surface area contributed by atoms with Crippen LogP contribution in [0.3, 0.4) is 0 Å². The Labute approximate surface area is 219 Å². The first-order valence-electron chi connectivity index (χ1n) is 12.0. The predicted molar refractivity (Wildman–Crippen MR) is 145 cm³/mol. The summed E-state index contributed by atoms with van der Waals surface area (Å²) in [6.07, 6.45) is 7.00. The fourth-order valence-corrected chi connectivity index (χ4v) is 4.16. The summed E-state index contributed by atoms with van der Waals surface area (Å²) in [7, 11) is 5.10. The topological polar surface area (TPSA) is 181 Å². The molecule has 13 nitrogen and oxygen atoms in total. The maximum Gasteiger partial charge on any atom is 0.272 e. The molecule has 0 atom stereocenters. The van der Waals surface area contributed by atoms with E-state index in [1.165, 1.54) is 0 Å². The van der Waals surface area contributed by atoms with E-state index < -0.39 is 0 Å². The van der Waals surface area contributed by atoms with Gasteiger partial charge in [0.25, 0.3) is 17.7 Å². The lowest BCUT2D eigenvalue weighted by Gasteiger charge is -2.09. The van der Waals surface area contributed by atoms with Gasteiger partial charge >= 0.3 is 0 Å². The maximum absolute atomic E-state index is 13.3. The molecule has 0 aliphatic carbocycles. The Kier molecular flexibility index (Phi) is 8.73. The summed E-state index contributed by atoms with van der Waals surface area (Å²) >= 11 is 0. The zero-order valence-electron chi connectivity index (χ0n) is 21.8. The van der Waals surface area contributed by atoms with Gasteiger partial charge in [0, 0.05) is 58.3 Å². The smallest absolute Gasteiger partial charge is 0.272 e. The van der Waals surface area contributed by atoms with Gasteiger partial charge in [-0.1, -0.05) is 13.3 Å². The van der Waals surface area contributed by atoms with Gasteiger partial charge in [0.2, 0.25) is 6.41 Å². The van der Waals surface area contributed by atoms with E-state index in [0.717, 1.165) is 6.42 Å². The normalized spacial score (nSPS) is 10.6. The minimum atomic E-state index is -0.387. The van der Waals surface area contributed by atoms with Gasteiger partial charge in [0.05, 0.1) is 22.9 Å². The van der Waals surface area contributed by atoms with Crippen molar-refractivity contribution in [3.63, 3.8) is 0 Å². The fraction of sp³-hybridized carbons (Fsp3) is 0.320. The van der Waals surface area contributed by atoms with Crippen molar-refractivity contribution in [1.82, 2.24) is 19.0 Å². The summed E-state index contributed by atoms with van der Waals surface area (Å²) in [5.41, 5.74) is 8.49. The van der Waals surface area contributed by atoms with E-state index >= 15 is 0 Å². The number of hydrogen-bond donors (Lipinski definition) is 6. The molecule has 3 heterocycles. The molecule has 0 spiro atoms. The lowest BCUT2D eigenvalue weighted by molar-refractivity contribution is -0.105. The quantitative estimate of drug-likeness (QED) is 0.120. The number of rotatable bonds is 12. The summed E-state index contributed by atoms with van der Waals surface area (Å²) in [4.78, 5) is 49.5. The van der Waals surface area contributed by atoms with Crippen molar-refractivity contribution in [2.75, 3.05) is 22.5 Å². The van der Waals surface area contributed by atoms with Crippen LogP contribution in [0.25, 0.3) is 0 Å². The molecule has 0 unspecified atom stereocenters. The van der Waals surface area contributed by atoms with Crippen molar-refractivity contribution in [2.45, 2.75) is 26.2 Å². The Balaban J connectivity index is 1.80. The number of aryl methyl sites for hydroxylation is 3. The van der Waals surface area contributed by atoms with Crippen molar-refractivity contribution >= 4 is 47.0 Å². The molecule has 0 bridgehead atoms. The second-order valence-corrected chi connectivity index (χ2v) is 8.88. The van der Waals surface area contributed by atoms with Gasteiger partial charge < -0.3 is 40.7 Å². The van der Waals surface area contributed by atoms with Crippen LogP contribution in [0.4, 0.5) is 17.1 Å². The van der Waals surface area contributed by atoms with Gasteiger partial charge in [-0.2, -0.15) is 0 Å². The number of amides is 4. The third-order valence-electron chi connectivity index (χ3n) is 5.89. The number of hydrogen-bond acceptors (Lipinski definition) is 5. The van der Waals surface area contributed by atoms with Crippen molar-refractivity contribution < 1.29 is 19.2 Å². The number of aromatic nitrogens is 3. The Morgan fingerprint density at radius 2 is 1.55 bits per heavy atom. The Bertz CT molecular complexity index is 1380.